The molecule has 0 aromatic heterocycles. The molecule has 0 radical (unpaired) electrons. The van der Waals surface area contributed by atoms with Crippen molar-refractivity contribution in [2.45, 2.75) is 0 Å². The third kappa shape index (κ3) is 2.45. The summed E-state index contributed by atoms with van der Waals surface area (Å²) in [5.41, 5.74) is 0.478. The normalized spacial score (nSPS) is 12.8. The Balaban J connectivity index is 2.44. The van der Waals surface area contributed by atoms with Gasteiger partial charge in [-0.3, -0.25) is 0 Å². The van der Waals surface area contributed by atoms with Crippen LogP contribution in [0.5, 0.6) is 17.2 Å². The smallest absolute Gasteiger partial charge is 0.348 e. The molecule has 1 aliphatic heterocycles. The molecule has 98 valence electrons. The van der Waals surface area contributed by atoms with E-state index in [1.165, 1.54) is 20.3 Å². The molecule has 0 saturated heterocycles. The minimum atomic E-state index is -0.695. The number of esters is 1. The first-order valence-electron chi connectivity index (χ1n) is 5.37. The monoisotopic (exact) mass is 261 g/mol. The van der Waals surface area contributed by atoms with Crippen molar-refractivity contribution in [3.05, 3.63) is 23.3 Å². The van der Waals surface area contributed by atoms with Crippen molar-refractivity contribution in [3.8, 4) is 23.3 Å². The molecule has 6 nitrogen and oxygen atoms in total. The fourth-order valence-corrected chi connectivity index (χ4v) is 1.65. The first-order chi connectivity index (χ1) is 9.19. The van der Waals surface area contributed by atoms with Crippen LogP contribution in [0.4, 0.5) is 0 Å². The van der Waals surface area contributed by atoms with Crippen LogP contribution in [0, 0.1) is 11.3 Å². The Hall–Kier alpha value is -2.68. The summed E-state index contributed by atoms with van der Waals surface area (Å²) in [4.78, 5) is 11.3. The van der Waals surface area contributed by atoms with Gasteiger partial charge in [-0.1, -0.05) is 0 Å². The molecule has 6 heteroatoms. The molecule has 0 saturated carbocycles. The number of hydrogen-bond donors (Lipinski definition) is 0. The van der Waals surface area contributed by atoms with Crippen molar-refractivity contribution < 1.29 is 23.7 Å². The number of rotatable bonds is 3. The van der Waals surface area contributed by atoms with Gasteiger partial charge >= 0.3 is 5.97 Å². The number of carbonyl (C=O) groups is 1. The Kier molecular flexibility index (Phi) is 3.57. The van der Waals surface area contributed by atoms with E-state index < -0.39 is 5.97 Å². The zero-order valence-electron chi connectivity index (χ0n) is 10.4. The van der Waals surface area contributed by atoms with Crippen LogP contribution in [0.1, 0.15) is 5.56 Å². The van der Waals surface area contributed by atoms with Gasteiger partial charge in [0.25, 0.3) is 0 Å². The van der Waals surface area contributed by atoms with E-state index in [0.29, 0.717) is 22.8 Å². The third-order valence-electron chi connectivity index (χ3n) is 2.52. The maximum absolute atomic E-state index is 11.3. The van der Waals surface area contributed by atoms with Crippen LogP contribution in [-0.4, -0.2) is 27.0 Å². The van der Waals surface area contributed by atoms with Crippen molar-refractivity contribution in [3.63, 3.8) is 0 Å². The highest BCUT2D eigenvalue weighted by Crippen LogP contribution is 2.42. The second-order valence-corrected chi connectivity index (χ2v) is 3.62. The molecule has 1 aliphatic rings. The average molecular weight is 261 g/mol. The first kappa shape index (κ1) is 12.8. The van der Waals surface area contributed by atoms with Crippen molar-refractivity contribution >= 4 is 12.0 Å². The highest BCUT2D eigenvalue weighted by Gasteiger charge is 2.20. The molecule has 1 aromatic rings. The molecule has 19 heavy (non-hydrogen) atoms. The molecule has 1 heterocycles. The van der Waals surface area contributed by atoms with Gasteiger partial charge < -0.3 is 18.9 Å². The third-order valence-corrected chi connectivity index (χ3v) is 2.52. The molecule has 1 aromatic carbocycles. The second kappa shape index (κ2) is 5.31. The Bertz CT molecular complexity index is 585. The van der Waals surface area contributed by atoms with Gasteiger partial charge in [0.15, 0.2) is 11.5 Å². The van der Waals surface area contributed by atoms with E-state index in [1.807, 2.05) is 0 Å². The predicted octanol–water partition coefficient (Wildman–Crippen LogP) is 1.50. The molecule has 0 fully saturated rings. The molecule has 0 amide bonds. The van der Waals surface area contributed by atoms with Gasteiger partial charge in [0.1, 0.15) is 11.6 Å². The van der Waals surface area contributed by atoms with Crippen LogP contribution in [0.2, 0.25) is 0 Å². The summed E-state index contributed by atoms with van der Waals surface area (Å²) < 4.78 is 20.2. The SMILES string of the molecule is COC(=O)/C(C#N)=C/c1cc(OC)c2c(c1)OCO2. The van der Waals surface area contributed by atoms with E-state index in [0.717, 1.165) is 0 Å². The van der Waals surface area contributed by atoms with E-state index in [9.17, 15) is 4.79 Å². The number of nitrogens with zero attached hydrogens (tertiary/aromatic N) is 1. The molecule has 0 bridgehead atoms. The fourth-order valence-electron chi connectivity index (χ4n) is 1.65. The lowest BCUT2D eigenvalue weighted by Gasteiger charge is -2.06. The lowest BCUT2D eigenvalue weighted by atomic mass is 10.1. The minimum Gasteiger partial charge on any atom is -0.493 e. The summed E-state index contributed by atoms with van der Waals surface area (Å²) >= 11 is 0. The van der Waals surface area contributed by atoms with Crippen LogP contribution in [0.3, 0.4) is 0 Å². The van der Waals surface area contributed by atoms with Crippen LogP contribution in [-0.2, 0) is 9.53 Å². The molecule has 0 aliphatic carbocycles. The highest BCUT2D eigenvalue weighted by atomic mass is 16.7. The van der Waals surface area contributed by atoms with Gasteiger partial charge in [0, 0.05) is 0 Å². The number of carbonyl (C=O) groups excluding carboxylic acids is 1. The second-order valence-electron chi connectivity index (χ2n) is 3.62. The number of hydrogen-bond acceptors (Lipinski definition) is 6. The number of nitriles is 1. The molecule has 0 atom stereocenters. The van der Waals surface area contributed by atoms with Crippen LogP contribution < -0.4 is 14.2 Å². The van der Waals surface area contributed by atoms with Gasteiger partial charge in [-0.15, -0.1) is 0 Å². The Morgan fingerprint density at radius 2 is 2.21 bits per heavy atom. The maximum atomic E-state index is 11.3. The van der Waals surface area contributed by atoms with Crippen molar-refractivity contribution in [1.29, 1.82) is 5.26 Å². The van der Waals surface area contributed by atoms with Gasteiger partial charge in [-0.2, -0.15) is 5.26 Å². The van der Waals surface area contributed by atoms with Crippen molar-refractivity contribution in [1.82, 2.24) is 0 Å². The number of fused-ring (bicyclic) bond motifs is 1. The summed E-state index contributed by atoms with van der Waals surface area (Å²) in [7, 11) is 2.71. The molecular weight excluding hydrogens is 250 g/mol. The minimum absolute atomic E-state index is 0.108. The van der Waals surface area contributed by atoms with Crippen LogP contribution in [0.15, 0.2) is 17.7 Å². The van der Waals surface area contributed by atoms with E-state index in [4.69, 9.17) is 19.5 Å². The molecule has 2 rings (SSSR count). The van der Waals surface area contributed by atoms with Gasteiger partial charge in [0.2, 0.25) is 12.5 Å². The van der Waals surface area contributed by atoms with Gasteiger partial charge in [-0.05, 0) is 23.8 Å². The summed E-state index contributed by atoms with van der Waals surface area (Å²) in [6.07, 6.45) is 1.40. The average Bonchev–Trinajstić information content (AvgIpc) is 2.91. The van der Waals surface area contributed by atoms with Crippen LogP contribution in [0.25, 0.3) is 6.08 Å². The molecule has 0 N–H and O–H groups in total. The van der Waals surface area contributed by atoms with E-state index in [-0.39, 0.29) is 12.4 Å². The number of methoxy groups -OCH3 is 2. The standard InChI is InChI=1S/C13H11NO5/c1-16-10-4-8(3-9(6-14)13(15)17-2)5-11-12(10)19-7-18-11/h3-5H,7H2,1-2H3/b9-3+. The van der Waals surface area contributed by atoms with Gasteiger partial charge in [-0.25, -0.2) is 4.79 Å². The Morgan fingerprint density at radius 1 is 1.42 bits per heavy atom. The first-order valence-corrected chi connectivity index (χ1v) is 5.37. The summed E-state index contributed by atoms with van der Waals surface area (Å²) in [6, 6.07) is 5.08. The zero-order chi connectivity index (χ0) is 13.8. The number of benzene rings is 1. The topological polar surface area (TPSA) is 77.8 Å². The predicted molar refractivity (Wildman–Crippen MR) is 64.7 cm³/mol. The van der Waals surface area contributed by atoms with Gasteiger partial charge in [0.05, 0.1) is 14.2 Å². The summed E-state index contributed by atoms with van der Waals surface area (Å²) in [5, 5.41) is 8.90. The summed E-state index contributed by atoms with van der Waals surface area (Å²) in [5.74, 6) is 0.798. The maximum Gasteiger partial charge on any atom is 0.348 e. The fraction of sp³-hybridized carbons (Fsp3) is 0.231. The molecule has 0 unspecified atom stereocenters. The lowest BCUT2D eigenvalue weighted by Crippen LogP contribution is -2.02. The lowest BCUT2D eigenvalue weighted by molar-refractivity contribution is -0.135. The number of ether oxygens (including phenoxy) is 4. The van der Waals surface area contributed by atoms with E-state index >= 15 is 0 Å². The van der Waals surface area contributed by atoms with E-state index in [2.05, 4.69) is 4.74 Å². The van der Waals surface area contributed by atoms with Crippen molar-refractivity contribution in [2.24, 2.45) is 0 Å². The Labute approximate surface area is 109 Å². The van der Waals surface area contributed by atoms with Crippen LogP contribution >= 0.6 is 0 Å². The largest absolute Gasteiger partial charge is 0.493 e. The Morgan fingerprint density at radius 3 is 2.84 bits per heavy atom. The molecule has 0 spiro atoms. The highest BCUT2D eigenvalue weighted by molar-refractivity contribution is 5.98. The summed E-state index contributed by atoms with van der Waals surface area (Å²) in [6.45, 7) is 0.112. The van der Waals surface area contributed by atoms with E-state index in [1.54, 1.807) is 18.2 Å². The zero-order valence-corrected chi connectivity index (χ0v) is 10.4. The quantitative estimate of drug-likeness (QED) is 0.466. The molecular formula is C13H11NO5. The van der Waals surface area contributed by atoms with Crippen molar-refractivity contribution in [2.75, 3.05) is 21.0 Å².